The summed E-state index contributed by atoms with van der Waals surface area (Å²) >= 11 is 5.68. The van der Waals surface area contributed by atoms with Gasteiger partial charge in [0.1, 0.15) is 4.99 Å². The molecule has 1 atom stereocenters. The van der Waals surface area contributed by atoms with Crippen molar-refractivity contribution < 1.29 is 19.4 Å². The molecule has 0 saturated carbocycles. The number of aromatic nitrogens is 1. The molecule has 1 unspecified atom stereocenters. The fourth-order valence-electron chi connectivity index (χ4n) is 3.67. The van der Waals surface area contributed by atoms with Crippen LogP contribution < -0.4 is 0 Å². The van der Waals surface area contributed by atoms with Crippen molar-refractivity contribution in [3.05, 3.63) is 64.6 Å². The lowest BCUT2D eigenvalue weighted by Crippen LogP contribution is -2.19. The van der Waals surface area contributed by atoms with E-state index in [1.165, 1.54) is 12.1 Å². The van der Waals surface area contributed by atoms with Crippen molar-refractivity contribution in [1.29, 1.82) is 0 Å². The molecule has 0 fully saturated rings. The van der Waals surface area contributed by atoms with Crippen LogP contribution in [0.15, 0.2) is 36.4 Å². The minimum absolute atomic E-state index is 0.199. The van der Waals surface area contributed by atoms with E-state index in [2.05, 4.69) is 0 Å². The van der Waals surface area contributed by atoms with E-state index in [1.807, 2.05) is 45.0 Å². The molecule has 0 spiro atoms. The van der Waals surface area contributed by atoms with Crippen molar-refractivity contribution in [2.45, 2.75) is 33.6 Å². The van der Waals surface area contributed by atoms with E-state index >= 15 is 0 Å². The van der Waals surface area contributed by atoms with Gasteiger partial charge in [-0.25, -0.2) is 4.39 Å². The molecule has 1 heterocycles. The van der Waals surface area contributed by atoms with E-state index in [0.717, 1.165) is 11.1 Å². The number of hydrogen-bond donors (Lipinski definition) is 2. The number of phenols is 1. The van der Waals surface area contributed by atoms with Gasteiger partial charge in [-0.05, 0) is 31.4 Å². The molecule has 28 heavy (non-hydrogen) atoms. The number of phenolic OH excluding ortho intramolecular Hbond substituents is 1. The van der Waals surface area contributed by atoms with Gasteiger partial charge in [0, 0.05) is 22.7 Å². The summed E-state index contributed by atoms with van der Waals surface area (Å²) in [7, 11) is 0. The average molecular weight is 399 g/mol. The number of benzene rings is 2. The van der Waals surface area contributed by atoms with Gasteiger partial charge in [0.05, 0.1) is 11.4 Å². The highest BCUT2D eigenvalue weighted by Gasteiger charge is 2.31. The number of carboxylic acids is 1. The fourth-order valence-corrected chi connectivity index (χ4v) is 4.04. The molecule has 0 amide bonds. The molecule has 3 rings (SSSR count). The number of nitrogens with zero attached hydrogens (tertiary/aromatic N) is 1. The highest BCUT2D eigenvalue weighted by Crippen LogP contribution is 2.38. The van der Waals surface area contributed by atoms with E-state index in [9.17, 15) is 19.4 Å². The summed E-state index contributed by atoms with van der Waals surface area (Å²) in [6.45, 7) is 7.40. The highest BCUT2D eigenvalue weighted by molar-refractivity contribution is 7.80. The van der Waals surface area contributed by atoms with Crippen LogP contribution in [0.2, 0.25) is 0 Å². The maximum absolute atomic E-state index is 14.2. The largest absolute Gasteiger partial charge is 0.505 e. The Morgan fingerprint density at radius 3 is 2.29 bits per heavy atom. The van der Waals surface area contributed by atoms with Crippen molar-refractivity contribution in [2.75, 3.05) is 0 Å². The van der Waals surface area contributed by atoms with Gasteiger partial charge in [-0.1, -0.05) is 55.9 Å². The summed E-state index contributed by atoms with van der Waals surface area (Å²) < 4.78 is 15.9. The first kappa shape index (κ1) is 20.0. The minimum Gasteiger partial charge on any atom is -0.505 e. The van der Waals surface area contributed by atoms with Crippen molar-refractivity contribution in [2.24, 2.45) is 5.92 Å². The zero-order valence-electron chi connectivity index (χ0n) is 16.2. The topological polar surface area (TPSA) is 62.5 Å². The second kappa shape index (κ2) is 7.36. The molecule has 0 aliphatic rings. The number of carboxylic acid groups (broad SMARTS) is 1. The second-order valence-electron chi connectivity index (χ2n) is 7.39. The van der Waals surface area contributed by atoms with Gasteiger partial charge in [-0.2, -0.15) is 0 Å². The van der Waals surface area contributed by atoms with Gasteiger partial charge in [0.25, 0.3) is 0 Å². The molecule has 1 aromatic heterocycles. The van der Waals surface area contributed by atoms with Crippen LogP contribution >= 0.6 is 12.2 Å². The second-order valence-corrected chi connectivity index (χ2v) is 7.77. The standard InChI is InChI=1S/C22H22FNO3S/c1-11(2)19(22(26)27)20-13(4)24(17-10-16(23)18(25)9-15(17)20)21(28)14-7-5-12(3)6-8-14/h5-11,19,25H,1-4H3,(H,26,27). The lowest BCUT2D eigenvalue weighted by molar-refractivity contribution is -0.139. The van der Waals surface area contributed by atoms with E-state index < -0.39 is 23.5 Å². The Morgan fingerprint density at radius 2 is 1.75 bits per heavy atom. The number of aromatic hydroxyl groups is 1. The molecule has 6 heteroatoms. The molecule has 2 aromatic carbocycles. The minimum atomic E-state index is -0.970. The number of hydrogen-bond acceptors (Lipinski definition) is 3. The van der Waals surface area contributed by atoms with Gasteiger partial charge in [0.15, 0.2) is 11.6 Å². The molecule has 4 nitrogen and oxygen atoms in total. The number of carbonyl (C=O) groups is 1. The van der Waals surface area contributed by atoms with Gasteiger partial charge in [-0.15, -0.1) is 0 Å². The van der Waals surface area contributed by atoms with E-state index in [0.29, 0.717) is 27.1 Å². The number of halogens is 1. The predicted molar refractivity (Wildman–Crippen MR) is 112 cm³/mol. The lowest BCUT2D eigenvalue weighted by atomic mass is 9.86. The normalized spacial score (nSPS) is 12.5. The van der Waals surface area contributed by atoms with Crippen molar-refractivity contribution in [3.8, 4) is 5.75 Å². The van der Waals surface area contributed by atoms with E-state index in [4.69, 9.17) is 12.2 Å². The zero-order chi connectivity index (χ0) is 20.7. The van der Waals surface area contributed by atoms with Crippen LogP contribution in [0.1, 0.15) is 42.1 Å². The third-order valence-electron chi connectivity index (χ3n) is 5.07. The summed E-state index contributed by atoms with van der Waals surface area (Å²) in [6.07, 6.45) is 0. The van der Waals surface area contributed by atoms with Crippen LogP contribution in [-0.4, -0.2) is 25.7 Å². The van der Waals surface area contributed by atoms with Crippen LogP contribution in [0.4, 0.5) is 4.39 Å². The lowest BCUT2D eigenvalue weighted by Gasteiger charge is -2.18. The van der Waals surface area contributed by atoms with Crippen LogP contribution in [-0.2, 0) is 4.79 Å². The maximum Gasteiger partial charge on any atom is 0.311 e. The first-order chi connectivity index (χ1) is 13.1. The van der Waals surface area contributed by atoms with Crippen LogP contribution in [0.25, 0.3) is 10.9 Å². The Bertz CT molecular complexity index is 1080. The zero-order valence-corrected chi connectivity index (χ0v) is 17.0. The average Bonchev–Trinajstić information content (AvgIpc) is 2.87. The van der Waals surface area contributed by atoms with Gasteiger partial charge < -0.3 is 14.8 Å². The number of rotatable bonds is 4. The summed E-state index contributed by atoms with van der Waals surface area (Å²) in [4.78, 5) is 12.4. The molecular formula is C22H22FNO3S. The molecule has 0 aliphatic heterocycles. The maximum atomic E-state index is 14.2. The highest BCUT2D eigenvalue weighted by atomic mass is 32.1. The Balaban J connectivity index is 2.36. The van der Waals surface area contributed by atoms with Crippen molar-refractivity contribution >= 4 is 34.1 Å². The summed E-state index contributed by atoms with van der Waals surface area (Å²) in [5.41, 5.74) is 3.48. The summed E-state index contributed by atoms with van der Waals surface area (Å²) in [6, 6.07) is 10.1. The third kappa shape index (κ3) is 3.29. The molecule has 146 valence electrons. The first-order valence-corrected chi connectivity index (χ1v) is 9.41. The van der Waals surface area contributed by atoms with Crippen LogP contribution in [0, 0.1) is 25.6 Å². The summed E-state index contributed by atoms with van der Waals surface area (Å²) in [5, 5.41) is 20.2. The molecule has 3 aromatic rings. The quantitative estimate of drug-likeness (QED) is 0.596. The van der Waals surface area contributed by atoms with Crippen molar-refractivity contribution in [1.82, 2.24) is 4.57 Å². The van der Waals surface area contributed by atoms with E-state index in [-0.39, 0.29) is 5.92 Å². The summed E-state index contributed by atoms with van der Waals surface area (Å²) in [5.74, 6) is -3.27. The fraction of sp³-hybridized carbons (Fsp3) is 0.273. The van der Waals surface area contributed by atoms with Crippen LogP contribution in [0.5, 0.6) is 5.75 Å². The molecule has 0 aliphatic carbocycles. The third-order valence-corrected chi connectivity index (χ3v) is 5.49. The Kier molecular flexibility index (Phi) is 5.26. The Hall–Kier alpha value is -2.73. The number of fused-ring (bicyclic) bond motifs is 1. The van der Waals surface area contributed by atoms with Gasteiger partial charge in [0.2, 0.25) is 0 Å². The van der Waals surface area contributed by atoms with Crippen molar-refractivity contribution in [3.63, 3.8) is 0 Å². The van der Waals surface area contributed by atoms with Crippen LogP contribution in [0.3, 0.4) is 0 Å². The molecule has 0 saturated heterocycles. The monoisotopic (exact) mass is 399 g/mol. The molecule has 2 N–H and O–H groups in total. The predicted octanol–water partition coefficient (Wildman–Crippen LogP) is 5.15. The number of aryl methyl sites for hydroxylation is 1. The number of thiocarbonyl (C=S) groups is 1. The Labute approximate surface area is 168 Å². The van der Waals surface area contributed by atoms with Gasteiger partial charge in [-0.3, -0.25) is 4.79 Å². The Morgan fingerprint density at radius 1 is 1.14 bits per heavy atom. The molecular weight excluding hydrogens is 377 g/mol. The number of aliphatic carboxylic acids is 1. The SMILES string of the molecule is Cc1ccc(C(=S)n2c(C)c(C(C(=O)O)C(C)C)c3cc(O)c(F)cc32)cc1. The smallest absolute Gasteiger partial charge is 0.311 e. The van der Waals surface area contributed by atoms with E-state index in [1.54, 1.807) is 11.5 Å². The molecule has 0 bridgehead atoms. The first-order valence-electron chi connectivity index (χ1n) is 9.01. The van der Waals surface area contributed by atoms with Gasteiger partial charge >= 0.3 is 5.97 Å². The molecule has 0 radical (unpaired) electrons.